The standard InChI is InChI=1S/C18H25N/c1-2-3-4-5-8-12-18(15-19)13-11-16-9-6-7-10-17(16)14-18/h6-7,9-10H,2-5,8,11-14H2,1H3. The Morgan fingerprint density at radius 3 is 2.58 bits per heavy atom. The number of aryl methyl sites for hydroxylation is 1. The second-order valence-electron chi connectivity index (χ2n) is 6.00. The monoisotopic (exact) mass is 255 g/mol. The molecule has 1 unspecified atom stereocenters. The molecule has 0 saturated carbocycles. The molecular formula is C18H25N. The molecule has 0 fully saturated rings. The van der Waals surface area contributed by atoms with Crippen molar-refractivity contribution in [2.75, 3.05) is 0 Å². The zero-order chi connectivity index (χ0) is 13.6. The van der Waals surface area contributed by atoms with Crippen molar-refractivity contribution in [1.29, 1.82) is 5.26 Å². The molecular weight excluding hydrogens is 230 g/mol. The Kier molecular flexibility index (Phi) is 5.02. The van der Waals surface area contributed by atoms with Crippen molar-refractivity contribution in [3.05, 3.63) is 35.4 Å². The van der Waals surface area contributed by atoms with Crippen LogP contribution < -0.4 is 0 Å². The average molecular weight is 255 g/mol. The van der Waals surface area contributed by atoms with Gasteiger partial charge in [0.05, 0.1) is 11.5 Å². The van der Waals surface area contributed by atoms with Gasteiger partial charge in [0.1, 0.15) is 0 Å². The summed E-state index contributed by atoms with van der Waals surface area (Å²) in [6.07, 6.45) is 10.6. The Morgan fingerprint density at radius 1 is 1.11 bits per heavy atom. The number of rotatable bonds is 6. The largest absolute Gasteiger partial charge is 0.198 e. The maximum atomic E-state index is 9.62. The van der Waals surface area contributed by atoms with Gasteiger partial charge in [0.15, 0.2) is 0 Å². The number of hydrogen-bond donors (Lipinski definition) is 0. The molecule has 1 aliphatic carbocycles. The summed E-state index contributed by atoms with van der Waals surface area (Å²) in [5.41, 5.74) is 2.78. The zero-order valence-corrected chi connectivity index (χ0v) is 12.1. The Balaban J connectivity index is 1.92. The van der Waals surface area contributed by atoms with Gasteiger partial charge in [-0.15, -0.1) is 0 Å². The van der Waals surface area contributed by atoms with Crippen LogP contribution in [0.3, 0.4) is 0 Å². The molecule has 0 bridgehead atoms. The van der Waals surface area contributed by atoms with Gasteiger partial charge in [0.2, 0.25) is 0 Å². The summed E-state index contributed by atoms with van der Waals surface area (Å²) >= 11 is 0. The highest BCUT2D eigenvalue weighted by atomic mass is 14.4. The van der Waals surface area contributed by atoms with E-state index in [0.29, 0.717) is 0 Å². The molecule has 0 heterocycles. The number of hydrogen-bond acceptors (Lipinski definition) is 1. The van der Waals surface area contributed by atoms with Gasteiger partial charge in [-0.2, -0.15) is 5.26 Å². The van der Waals surface area contributed by atoms with E-state index in [2.05, 4.69) is 37.3 Å². The number of nitriles is 1. The smallest absolute Gasteiger partial charge is 0.0693 e. The molecule has 102 valence electrons. The van der Waals surface area contributed by atoms with E-state index < -0.39 is 0 Å². The predicted molar refractivity (Wildman–Crippen MR) is 79.9 cm³/mol. The van der Waals surface area contributed by atoms with E-state index in [1.54, 1.807) is 0 Å². The first-order valence-electron chi connectivity index (χ1n) is 7.78. The van der Waals surface area contributed by atoms with Gasteiger partial charge in [0.25, 0.3) is 0 Å². The molecule has 0 aliphatic heterocycles. The first kappa shape index (κ1) is 14.1. The predicted octanol–water partition coefficient (Wildman–Crippen LogP) is 5.05. The summed E-state index contributed by atoms with van der Waals surface area (Å²) in [5, 5.41) is 9.62. The Morgan fingerprint density at radius 2 is 1.84 bits per heavy atom. The lowest BCUT2D eigenvalue weighted by molar-refractivity contribution is 0.303. The van der Waals surface area contributed by atoms with Crippen LogP contribution in [0.25, 0.3) is 0 Å². The van der Waals surface area contributed by atoms with Gasteiger partial charge in [-0.05, 0) is 36.8 Å². The van der Waals surface area contributed by atoms with E-state index in [1.807, 2.05) is 0 Å². The fraction of sp³-hybridized carbons (Fsp3) is 0.611. The number of nitrogens with zero attached hydrogens (tertiary/aromatic N) is 1. The van der Waals surface area contributed by atoms with E-state index in [0.717, 1.165) is 25.7 Å². The minimum atomic E-state index is -0.0828. The Labute approximate surface area is 117 Å². The Hall–Kier alpha value is -1.29. The summed E-state index contributed by atoms with van der Waals surface area (Å²) < 4.78 is 0. The first-order valence-corrected chi connectivity index (χ1v) is 7.78. The molecule has 1 aromatic carbocycles. The van der Waals surface area contributed by atoms with Crippen molar-refractivity contribution < 1.29 is 0 Å². The highest BCUT2D eigenvalue weighted by molar-refractivity contribution is 5.32. The molecule has 1 heteroatoms. The van der Waals surface area contributed by atoms with Crippen molar-refractivity contribution in [3.63, 3.8) is 0 Å². The van der Waals surface area contributed by atoms with Gasteiger partial charge in [-0.1, -0.05) is 63.3 Å². The fourth-order valence-electron chi connectivity index (χ4n) is 3.23. The molecule has 0 saturated heterocycles. The highest BCUT2D eigenvalue weighted by Crippen LogP contribution is 2.39. The zero-order valence-electron chi connectivity index (χ0n) is 12.1. The molecule has 19 heavy (non-hydrogen) atoms. The van der Waals surface area contributed by atoms with Crippen LogP contribution in [-0.2, 0) is 12.8 Å². The van der Waals surface area contributed by atoms with Crippen LogP contribution in [0.5, 0.6) is 0 Å². The normalized spacial score (nSPS) is 21.7. The quantitative estimate of drug-likeness (QED) is 0.653. The topological polar surface area (TPSA) is 23.8 Å². The highest BCUT2D eigenvalue weighted by Gasteiger charge is 2.33. The lowest BCUT2D eigenvalue weighted by Gasteiger charge is -2.32. The molecule has 2 rings (SSSR count). The Bertz CT molecular complexity index is 443. The molecule has 1 atom stereocenters. The van der Waals surface area contributed by atoms with Crippen LogP contribution in [-0.4, -0.2) is 0 Å². The lowest BCUT2D eigenvalue weighted by atomic mass is 9.70. The number of benzene rings is 1. The summed E-state index contributed by atoms with van der Waals surface area (Å²) in [5.74, 6) is 0. The third-order valence-electron chi connectivity index (χ3n) is 4.52. The van der Waals surface area contributed by atoms with E-state index >= 15 is 0 Å². The number of fused-ring (bicyclic) bond motifs is 1. The molecule has 0 aromatic heterocycles. The van der Waals surface area contributed by atoms with Crippen molar-refractivity contribution in [1.82, 2.24) is 0 Å². The minimum Gasteiger partial charge on any atom is -0.198 e. The van der Waals surface area contributed by atoms with Crippen LogP contribution in [0.4, 0.5) is 0 Å². The van der Waals surface area contributed by atoms with Gasteiger partial charge in [-0.3, -0.25) is 0 Å². The second kappa shape index (κ2) is 6.75. The molecule has 0 radical (unpaired) electrons. The van der Waals surface area contributed by atoms with Crippen molar-refractivity contribution in [2.24, 2.45) is 5.41 Å². The third kappa shape index (κ3) is 3.60. The molecule has 0 amide bonds. The maximum Gasteiger partial charge on any atom is 0.0693 e. The van der Waals surface area contributed by atoms with Crippen LogP contribution in [0.1, 0.15) is 63.0 Å². The van der Waals surface area contributed by atoms with Gasteiger partial charge < -0.3 is 0 Å². The van der Waals surface area contributed by atoms with Crippen molar-refractivity contribution in [3.8, 4) is 6.07 Å². The summed E-state index contributed by atoms with van der Waals surface area (Å²) in [6, 6.07) is 11.3. The van der Waals surface area contributed by atoms with Gasteiger partial charge in [0, 0.05) is 0 Å². The van der Waals surface area contributed by atoms with Crippen LogP contribution in [0.2, 0.25) is 0 Å². The summed E-state index contributed by atoms with van der Waals surface area (Å²) in [4.78, 5) is 0. The van der Waals surface area contributed by atoms with Crippen molar-refractivity contribution >= 4 is 0 Å². The molecule has 1 aliphatic rings. The molecule has 0 N–H and O–H groups in total. The first-order chi connectivity index (χ1) is 9.29. The molecule has 1 nitrogen and oxygen atoms in total. The van der Waals surface area contributed by atoms with Crippen LogP contribution in [0, 0.1) is 16.7 Å². The molecule has 1 aromatic rings. The SMILES string of the molecule is CCCCCCCC1(C#N)CCc2ccccc2C1. The summed E-state index contributed by atoms with van der Waals surface area (Å²) in [6.45, 7) is 2.24. The average Bonchev–Trinajstić information content (AvgIpc) is 2.47. The molecule has 0 spiro atoms. The van der Waals surface area contributed by atoms with E-state index in [9.17, 15) is 5.26 Å². The minimum absolute atomic E-state index is 0.0828. The lowest BCUT2D eigenvalue weighted by Crippen LogP contribution is -2.27. The number of unbranched alkanes of at least 4 members (excludes halogenated alkanes) is 4. The van der Waals surface area contributed by atoms with E-state index in [1.165, 1.54) is 43.2 Å². The van der Waals surface area contributed by atoms with Gasteiger partial charge >= 0.3 is 0 Å². The van der Waals surface area contributed by atoms with Gasteiger partial charge in [-0.25, -0.2) is 0 Å². The van der Waals surface area contributed by atoms with Crippen molar-refractivity contribution in [2.45, 2.75) is 64.7 Å². The fourth-order valence-corrected chi connectivity index (χ4v) is 3.23. The second-order valence-corrected chi connectivity index (χ2v) is 6.00. The third-order valence-corrected chi connectivity index (χ3v) is 4.52. The van der Waals surface area contributed by atoms with Crippen LogP contribution in [0.15, 0.2) is 24.3 Å². The maximum absolute atomic E-state index is 9.62. The van der Waals surface area contributed by atoms with E-state index in [4.69, 9.17) is 0 Å². The summed E-state index contributed by atoms with van der Waals surface area (Å²) in [7, 11) is 0. The van der Waals surface area contributed by atoms with E-state index in [-0.39, 0.29) is 5.41 Å². The van der Waals surface area contributed by atoms with Crippen LogP contribution >= 0.6 is 0 Å².